The molecule has 0 bridgehead atoms. The van der Waals surface area contributed by atoms with Crippen molar-refractivity contribution in [2.24, 2.45) is 7.05 Å². The standard InChI is InChI=1S/C13H24N4O/c1-6-14-9(2)8-15-13(18)7-12-10(3)16-17(5)11(12)4/h9,14H,6-8H2,1-5H3,(H,15,18)/t9-/m1/s1. The van der Waals surface area contributed by atoms with Crippen molar-refractivity contribution in [3.8, 4) is 0 Å². The molecule has 0 saturated heterocycles. The van der Waals surface area contributed by atoms with E-state index >= 15 is 0 Å². The van der Waals surface area contributed by atoms with Gasteiger partial charge in [0, 0.05) is 30.9 Å². The highest BCUT2D eigenvalue weighted by molar-refractivity contribution is 5.79. The third-order valence-corrected chi connectivity index (χ3v) is 3.15. The van der Waals surface area contributed by atoms with Crippen LogP contribution in [0.1, 0.15) is 30.8 Å². The summed E-state index contributed by atoms with van der Waals surface area (Å²) < 4.78 is 1.82. The number of aromatic nitrogens is 2. The van der Waals surface area contributed by atoms with Gasteiger partial charge in [-0.05, 0) is 27.3 Å². The second-order valence-electron chi connectivity index (χ2n) is 4.71. The second-order valence-corrected chi connectivity index (χ2v) is 4.71. The first-order valence-electron chi connectivity index (χ1n) is 6.44. The topological polar surface area (TPSA) is 58.9 Å². The highest BCUT2D eigenvalue weighted by Gasteiger charge is 2.13. The quantitative estimate of drug-likeness (QED) is 0.783. The van der Waals surface area contributed by atoms with Crippen molar-refractivity contribution in [2.45, 2.75) is 40.2 Å². The molecular formula is C13H24N4O. The Balaban J connectivity index is 2.50. The van der Waals surface area contributed by atoms with E-state index in [1.165, 1.54) is 0 Å². The van der Waals surface area contributed by atoms with Gasteiger partial charge in [-0.2, -0.15) is 5.10 Å². The lowest BCUT2D eigenvalue weighted by Gasteiger charge is -2.13. The Morgan fingerprint density at radius 3 is 2.61 bits per heavy atom. The number of hydrogen-bond acceptors (Lipinski definition) is 3. The van der Waals surface area contributed by atoms with Gasteiger partial charge < -0.3 is 10.6 Å². The zero-order valence-electron chi connectivity index (χ0n) is 12.0. The van der Waals surface area contributed by atoms with Gasteiger partial charge in [0.1, 0.15) is 0 Å². The highest BCUT2D eigenvalue weighted by atomic mass is 16.1. The van der Waals surface area contributed by atoms with Crippen molar-refractivity contribution in [1.29, 1.82) is 0 Å². The van der Waals surface area contributed by atoms with E-state index in [0.29, 0.717) is 19.0 Å². The second kappa shape index (κ2) is 6.54. The van der Waals surface area contributed by atoms with Crippen molar-refractivity contribution in [3.63, 3.8) is 0 Å². The number of likely N-dealkylation sites (N-methyl/N-ethyl adjacent to an activating group) is 1. The molecule has 0 unspecified atom stereocenters. The zero-order valence-corrected chi connectivity index (χ0v) is 12.0. The molecule has 1 aromatic heterocycles. The van der Waals surface area contributed by atoms with Gasteiger partial charge >= 0.3 is 0 Å². The normalized spacial score (nSPS) is 12.5. The molecule has 0 saturated carbocycles. The van der Waals surface area contributed by atoms with Crippen LogP contribution in [0.15, 0.2) is 0 Å². The molecule has 0 aliphatic rings. The van der Waals surface area contributed by atoms with Crippen LogP contribution in [0.4, 0.5) is 0 Å². The number of rotatable bonds is 6. The van der Waals surface area contributed by atoms with Gasteiger partial charge in [0.25, 0.3) is 0 Å². The maximum Gasteiger partial charge on any atom is 0.224 e. The molecule has 1 heterocycles. The van der Waals surface area contributed by atoms with Crippen LogP contribution < -0.4 is 10.6 Å². The third kappa shape index (κ3) is 3.84. The van der Waals surface area contributed by atoms with E-state index in [2.05, 4.69) is 29.6 Å². The molecule has 2 N–H and O–H groups in total. The molecular weight excluding hydrogens is 228 g/mol. The molecule has 5 nitrogen and oxygen atoms in total. The predicted molar refractivity (Wildman–Crippen MR) is 72.5 cm³/mol. The maximum absolute atomic E-state index is 11.9. The van der Waals surface area contributed by atoms with Crippen molar-refractivity contribution < 1.29 is 4.79 Å². The average Bonchev–Trinajstić information content (AvgIpc) is 2.54. The molecule has 1 amide bonds. The van der Waals surface area contributed by atoms with Crippen molar-refractivity contribution >= 4 is 5.91 Å². The SMILES string of the molecule is CCN[C@H](C)CNC(=O)Cc1c(C)nn(C)c1C. The lowest BCUT2D eigenvalue weighted by Crippen LogP contribution is -2.39. The summed E-state index contributed by atoms with van der Waals surface area (Å²) in [6.45, 7) is 9.62. The van der Waals surface area contributed by atoms with E-state index in [-0.39, 0.29) is 5.91 Å². The van der Waals surface area contributed by atoms with E-state index in [9.17, 15) is 4.79 Å². The number of aryl methyl sites for hydroxylation is 2. The minimum atomic E-state index is 0.0546. The van der Waals surface area contributed by atoms with Crippen LogP contribution in [0.5, 0.6) is 0 Å². The molecule has 18 heavy (non-hydrogen) atoms. The Hall–Kier alpha value is -1.36. The first-order valence-corrected chi connectivity index (χ1v) is 6.44. The molecule has 0 aliphatic heterocycles. The monoisotopic (exact) mass is 252 g/mol. The summed E-state index contributed by atoms with van der Waals surface area (Å²) in [5, 5.41) is 10.5. The Kier molecular flexibility index (Phi) is 5.34. The smallest absolute Gasteiger partial charge is 0.224 e. The van der Waals surface area contributed by atoms with Crippen LogP contribution in [0, 0.1) is 13.8 Å². The van der Waals surface area contributed by atoms with Crippen LogP contribution in [0.3, 0.4) is 0 Å². The molecule has 5 heteroatoms. The molecule has 1 atom stereocenters. The summed E-state index contributed by atoms with van der Waals surface area (Å²) in [6, 6.07) is 0.301. The van der Waals surface area contributed by atoms with Crippen LogP contribution in [0.2, 0.25) is 0 Å². The number of nitrogens with zero attached hydrogens (tertiary/aromatic N) is 2. The third-order valence-electron chi connectivity index (χ3n) is 3.15. The van der Waals surface area contributed by atoms with Gasteiger partial charge in [0.05, 0.1) is 12.1 Å². The summed E-state index contributed by atoms with van der Waals surface area (Å²) in [7, 11) is 1.90. The minimum absolute atomic E-state index is 0.0546. The number of nitrogens with one attached hydrogen (secondary N) is 2. The predicted octanol–water partition coefficient (Wildman–Crippen LogP) is 0.694. The molecule has 0 aliphatic carbocycles. The van der Waals surface area contributed by atoms with E-state index in [1.54, 1.807) is 0 Å². The number of carbonyl (C=O) groups excluding carboxylic acids is 1. The number of carbonyl (C=O) groups is 1. The van der Waals surface area contributed by atoms with Gasteiger partial charge in [-0.15, -0.1) is 0 Å². The first-order chi connectivity index (χ1) is 8.45. The van der Waals surface area contributed by atoms with Gasteiger partial charge in [0.2, 0.25) is 5.91 Å². The fourth-order valence-electron chi connectivity index (χ4n) is 1.98. The van der Waals surface area contributed by atoms with Crippen LogP contribution in [-0.2, 0) is 18.3 Å². The highest BCUT2D eigenvalue weighted by Crippen LogP contribution is 2.12. The van der Waals surface area contributed by atoms with Crippen LogP contribution in [-0.4, -0.2) is 34.8 Å². The molecule has 1 aromatic rings. The average molecular weight is 252 g/mol. The summed E-state index contributed by atoms with van der Waals surface area (Å²) in [6.07, 6.45) is 0.407. The number of hydrogen-bond donors (Lipinski definition) is 2. The summed E-state index contributed by atoms with van der Waals surface area (Å²) in [5.41, 5.74) is 3.03. The summed E-state index contributed by atoms with van der Waals surface area (Å²) in [4.78, 5) is 11.9. The van der Waals surface area contributed by atoms with E-state index in [1.807, 2.05) is 25.6 Å². The fraction of sp³-hybridized carbons (Fsp3) is 0.692. The van der Waals surface area contributed by atoms with Gasteiger partial charge in [-0.3, -0.25) is 9.48 Å². The molecule has 0 spiro atoms. The first kappa shape index (κ1) is 14.7. The van der Waals surface area contributed by atoms with Gasteiger partial charge in [0.15, 0.2) is 0 Å². The van der Waals surface area contributed by atoms with Crippen molar-refractivity contribution in [3.05, 3.63) is 17.0 Å². The molecule has 102 valence electrons. The zero-order chi connectivity index (χ0) is 13.7. The van der Waals surface area contributed by atoms with Crippen LogP contribution >= 0.6 is 0 Å². The maximum atomic E-state index is 11.9. The van der Waals surface area contributed by atoms with Gasteiger partial charge in [-0.25, -0.2) is 0 Å². The molecule has 0 radical (unpaired) electrons. The number of amides is 1. The molecule has 0 fully saturated rings. The minimum Gasteiger partial charge on any atom is -0.354 e. The van der Waals surface area contributed by atoms with E-state index in [4.69, 9.17) is 0 Å². The molecule has 1 rings (SSSR count). The summed E-state index contributed by atoms with van der Waals surface area (Å²) >= 11 is 0. The van der Waals surface area contributed by atoms with Gasteiger partial charge in [-0.1, -0.05) is 6.92 Å². The van der Waals surface area contributed by atoms with Crippen molar-refractivity contribution in [1.82, 2.24) is 20.4 Å². The lowest BCUT2D eigenvalue weighted by molar-refractivity contribution is -0.120. The lowest BCUT2D eigenvalue weighted by atomic mass is 10.1. The Morgan fingerprint density at radius 1 is 1.44 bits per heavy atom. The Labute approximate surface area is 109 Å². The van der Waals surface area contributed by atoms with E-state index < -0.39 is 0 Å². The van der Waals surface area contributed by atoms with E-state index in [0.717, 1.165) is 23.5 Å². The van der Waals surface area contributed by atoms with Crippen LogP contribution in [0.25, 0.3) is 0 Å². The molecule has 0 aromatic carbocycles. The van der Waals surface area contributed by atoms with Crippen molar-refractivity contribution in [2.75, 3.05) is 13.1 Å². The Bertz CT molecular complexity index is 411. The fourth-order valence-corrected chi connectivity index (χ4v) is 1.98. The Morgan fingerprint density at radius 2 is 2.11 bits per heavy atom. The summed E-state index contributed by atoms with van der Waals surface area (Å²) in [5.74, 6) is 0.0546. The largest absolute Gasteiger partial charge is 0.354 e.